The molecule has 2 aliphatic rings. The Morgan fingerprint density at radius 3 is 2.42 bits per heavy atom. The molecular weight excluding hydrogens is 262 g/mol. The highest BCUT2D eigenvalue weighted by Gasteiger charge is 2.39. The van der Waals surface area contributed by atoms with Crippen molar-refractivity contribution in [2.24, 2.45) is 0 Å². The lowest BCUT2D eigenvalue weighted by Gasteiger charge is -2.29. The quantitative estimate of drug-likeness (QED) is 0.781. The van der Waals surface area contributed by atoms with Gasteiger partial charge >= 0.3 is 5.97 Å². The number of rotatable bonds is 2. The molecule has 2 heterocycles. The SMILES string of the molecule is Cl.O=C1OC(c2ccccc2)CC1N1CCCCC1. The van der Waals surface area contributed by atoms with Crippen LogP contribution in [0, 0.1) is 0 Å². The number of cyclic esters (lactones) is 1. The first-order valence-corrected chi connectivity index (χ1v) is 6.84. The van der Waals surface area contributed by atoms with E-state index in [9.17, 15) is 4.79 Å². The Labute approximate surface area is 120 Å². The molecular formula is C15H20ClNO2. The summed E-state index contributed by atoms with van der Waals surface area (Å²) in [5.41, 5.74) is 1.12. The monoisotopic (exact) mass is 281 g/mol. The number of benzene rings is 1. The predicted molar refractivity (Wildman–Crippen MR) is 76.4 cm³/mol. The van der Waals surface area contributed by atoms with Crippen molar-refractivity contribution in [3.63, 3.8) is 0 Å². The van der Waals surface area contributed by atoms with Gasteiger partial charge in [-0.15, -0.1) is 12.4 Å². The maximum Gasteiger partial charge on any atom is 0.324 e. The molecule has 4 heteroatoms. The summed E-state index contributed by atoms with van der Waals surface area (Å²) in [6.45, 7) is 2.09. The second-order valence-electron chi connectivity index (χ2n) is 5.18. The first kappa shape index (κ1) is 14.4. The Hall–Kier alpha value is -1.06. The zero-order valence-electron chi connectivity index (χ0n) is 11.0. The normalized spacial score (nSPS) is 27.7. The molecule has 3 rings (SSSR count). The van der Waals surface area contributed by atoms with Crippen molar-refractivity contribution in [1.29, 1.82) is 0 Å². The van der Waals surface area contributed by atoms with E-state index in [2.05, 4.69) is 4.90 Å². The van der Waals surface area contributed by atoms with Gasteiger partial charge in [0.2, 0.25) is 0 Å². The summed E-state index contributed by atoms with van der Waals surface area (Å²) in [4.78, 5) is 14.3. The van der Waals surface area contributed by atoms with Crippen LogP contribution >= 0.6 is 12.4 Å². The maximum atomic E-state index is 12.0. The number of carbonyl (C=O) groups is 1. The smallest absolute Gasteiger partial charge is 0.324 e. The third-order valence-corrected chi connectivity index (χ3v) is 3.97. The van der Waals surface area contributed by atoms with E-state index in [-0.39, 0.29) is 30.5 Å². The lowest BCUT2D eigenvalue weighted by Crippen LogP contribution is -2.41. The molecule has 0 spiro atoms. The highest BCUT2D eigenvalue weighted by molar-refractivity contribution is 5.85. The van der Waals surface area contributed by atoms with Gasteiger partial charge in [-0.05, 0) is 31.5 Å². The number of nitrogens with zero attached hydrogens (tertiary/aromatic N) is 1. The molecule has 3 nitrogen and oxygen atoms in total. The zero-order valence-corrected chi connectivity index (χ0v) is 11.8. The molecule has 0 aromatic heterocycles. The highest BCUT2D eigenvalue weighted by atomic mass is 35.5. The molecule has 1 aromatic rings. The largest absolute Gasteiger partial charge is 0.456 e. The zero-order chi connectivity index (χ0) is 12.4. The summed E-state index contributed by atoms with van der Waals surface area (Å²) in [5.74, 6) is -0.0363. The van der Waals surface area contributed by atoms with Gasteiger partial charge in [0.15, 0.2) is 0 Å². The Morgan fingerprint density at radius 2 is 1.74 bits per heavy atom. The number of carbonyl (C=O) groups excluding carboxylic acids is 1. The fourth-order valence-electron chi connectivity index (χ4n) is 2.97. The van der Waals surface area contributed by atoms with Gasteiger partial charge in [0.1, 0.15) is 12.1 Å². The molecule has 2 unspecified atom stereocenters. The third kappa shape index (κ3) is 3.10. The average molecular weight is 282 g/mol. The van der Waals surface area contributed by atoms with Crippen LogP contribution in [0.25, 0.3) is 0 Å². The lowest BCUT2D eigenvalue weighted by molar-refractivity contribution is -0.145. The van der Waals surface area contributed by atoms with Crippen LogP contribution in [-0.2, 0) is 9.53 Å². The first-order chi connectivity index (χ1) is 8.84. The summed E-state index contributed by atoms with van der Waals surface area (Å²) in [6, 6.07) is 10.0. The standard InChI is InChI=1S/C15H19NO2.ClH/c17-15-13(16-9-5-2-6-10-16)11-14(18-15)12-7-3-1-4-8-12;/h1,3-4,7-8,13-14H,2,5-6,9-11H2;1H. The van der Waals surface area contributed by atoms with Gasteiger partial charge < -0.3 is 4.74 Å². The van der Waals surface area contributed by atoms with E-state index >= 15 is 0 Å². The van der Waals surface area contributed by atoms with Gasteiger partial charge in [0, 0.05) is 6.42 Å². The minimum Gasteiger partial charge on any atom is -0.456 e. The summed E-state index contributed by atoms with van der Waals surface area (Å²) in [5, 5.41) is 0. The van der Waals surface area contributed by atoms with Crippen molar-refractivity contribution < 1.29 is 9.53 Å². The number of likely N-dealkylation sites (tertiary alicyclic amines) is 1. The molecule has 104 valence electrons. The highest BCUT2D eigenvalue weighted by Crippen LogP contribution is 2.33. The van der Waals surface area contributed by atoms with Crippen molar-refractivity contribution in [3.05, 3.63) is 35.9 Å². The van der Waals surface area contributed by atoms with Crippen LogP contribution in [0.15, 0.2) is 30.3 Å². The summed E-state index contributed by atoms with van der Waals surface area (Å²) < 4.78 is 5.53. The van der Waals surface area contributed by atoms with Crippen LogP contribution in [0.1, 0.15) is 37.4 Å². The molecule has 0 bridgehead atoms. The molecule has 0 amide bonds. The molecule has 0 aliphatic carbocycles. The van der Waals surface area contributed by atoms with Gasteiger partial charge in [-0.1, -0.05) is 36.8 Å². The molecule has 2 saturated heterocycles. The van der Waals surface area contributed by atoms with Gasteiger partial charge in [-0.3, -0.25) is 9.69 Å². The molecule has 2 atom stereocenters. The number of piperidine rings is 1. The lowest BCUT2D eigenvalue weighted by atomic mass is 10.0. The Kier molecular flexibility index (Phi) is 4.83. The average Bonchev–Trinajstić information content (AvgIpc) is 2.83. The molecule has 2 fully saturated rings. The van der Waals surface area contributed by atoms with Crippen molar-refractivity contribution in [3.8, 4) is 0 Å². The Morgan fingerprint density at radius 1 is 1.05 bits per heavy atom. The maximum absolute atomic E-state index is 12.0. The van der Waals surface area contributed by atoms with E-state index in [0.717, 1.165) is 25.1 Å². The van der Waals surface area contributed by atoms with Crippen LogP contribution in [0.2, 0.25) is 0 Å². The van der Waals surface area contributed by atoms with Crippen LogP contribution < -0.4 is 0 Å². The minimum absolute atomic E-state index is 0. The minimum atomic E-state index is -0.0503. The number of ether oxygens (including phenoxy) is 1. The number of hydrogen-bond acceptors (Lipinski definition) is 3. The van der Waals surface area contributed by atoms with Crippen molar-refractivity contribution in [1.82, 2.24) is 4.90 Å². The molecule has 0 N–H and O–H groups in total. The van der Waals surface area contributed by atoms with Crippen LogP contribution in [-0.4, -0.2) is 30.0 Å². The van der Waals surface area contributed by atoms with E-state index in [4.69, 9.17) is 4.74 Å². The van der Waals surface area contributed by atoms with Crippen molar-refractivity contribution >= 4 is 18.4 Å². The number of hydrogen-bond donors (Lipinski definition) is 0. The van der Waals surface area contributed by atoms with E-state index in [1.807, 2.05) is 30.3 Å². The van der Waals surface area contributed by atoms with Crippen LogP contribution in [0.3, 0.4) is 0 Å². The van der Waals surface area contributed by atoms with Gasteiger partial charge in [0.25, 0.3) is 0 Å². The summed E-state index contributed by atoms with van der Waals surface area (Å²) in [6.07, 6.45) is 4.47. The van der Waals surface area contributed by atoms with E-state index < -0.39 is 0 Å². The first-order valence-electron chi connectivity index (χ1n) is 6.84. The fraction of sp³-hybridized carbons (Fsp3) is 0.533. The number of halogens is 1. The third-order valence-electron chi connectivity index (χ3n) is 3.97. The van der Waals surface area contributed by atoms with E-state index in [1.54, 1.807) is 0 Å². The van der Waals surface area contributed by atoms with Crippen LogP contribution in [0.5, 0.6) is 0 Å². The van der Waals surface area contributed by atoms with Crippen molar-refractivity contribution in [2.45, 2.75) is 37.8 Å². The molecule has 2 aliphatic heterocycles. The van der Waals surface area contributed by atoms with E-state index in [0.29, 0.717) is 0 Å². The van der Waals surface area contributed by atoms with Gasteiger partial charge in [-0.2, -0.15) is 0 Å². The summed E-state index contributed by atoms with van der Waals surface area (Å²) in [7, 11) is 0. The second kappa shape index (κ2) is 6.40. The van der Waals surface area contributed by atoms with Gasteiger partial charge in [-0.25, -0.2) is 0 Å². The van der Waals surface area contributed by atoms with Gasteiger partial charge in [0.05, 0.1) is 0 Å². The Bertz CT molecular complexity index is 417. The topological polar surface area (TPSA) is 29.5 Å². The molecule has 0 radical (unpaired) electrons. The molecule has 1 aromatic carbocycles. The molecule has 19 heavy (non-hydrogen) atoms. The Balaban J connectivity index is 0.00000133. The summed E-state index contributed by atoms with van der Waals surface area (Å²) >= 11 is 0. The second-order valence-corrected chi connectivity index (χ2v) is 5.18. The molecule has 0 saturated carbocycles. The van der Waals surface area contributed by atoms with Crippen LogP contribution in [0.4, 0.5) is 0 Å². The van der Waals surface area contributed by atoms with E-state index in [1.165, 1.54) is 19.3 Å². The predicted octanol–water partition coefficient (Wildman–Crippen LogP) is 2.95. The number of esters is 1. The van der Waals surface area contributed by atoms with Crippen molar-refractivity contribution in [2.75, 3.05) is 13.1 Å². The fourth-order valence-corrected chi connectivity index (χ4v) is 2.97.